The van der Waals surface area contributed by atoms with E-state index in [-0.39, 0.29) is 17.7 Å². The van der Waals surface area contributed by atoms with Crippen LogP contribution in [0.2, 0.25) is 0 Å². The number of para-hydroxylation sites is 1. The number of carbonyl (C=O) groups is 1. The van der Waals surface area contributed by atoms with Crippen LogP contribution in [0.1, 0.15) is 36.7 Å². The van der Waals surface area contributed by atoms with Crippen molar-refractivity contribution < 1.29 is 22.7 Å². The van der Waals surface area contributed by atoms with Crippen molar-refractivity contribution in [2.75, 3.05) is 5.32 Å². The molecule has 6 nitrogen and oxygen atoms in total. The van der Waals surface area contributed by atoms with E-state index in [2.05, 4.69) is 15.6 Å². The Bertz CT molecular complexity index is 1300. The van der Waals surface area contributed by atoms with Gasteiger partial charge in [-0.15, -0.1) is 0 Å². The highest BCUT2D eigenvalue weighted by Gasteiger charge is 2.35. The Morgan fingerprint density at radius 2 is 1.79 bits per heavy atom. The summed E-state index contributed by atoms with van der Waals surface area (Å²) in [6.45, 7) is 5.12. The Morgan fingerprint density at radius 3 is 2.44 bits per heavy atom. The third-order valence-corrected chi connectivity index (χ3v) is 5.23. The van der Waals surface area contributed by atoms with Crippen LogP contribution < -0.4 is 25.9 Å². The molecule has 0 saturated heterocycles. The molecule has 34 heavy (non-hydrogen) atoms. The Hall–Kier alpha value is -3.72. The summed E-state index contributed by atoms with van der Waals surface area (Å²) in [5, 5.41) is 7.56. The minimum absolute atomic E-state index is 0.227. The number of nitrogens with zero attached hydrogens (tertiary/aromatic N) is 2. The Balaban J connectivity index is 1.68. The van der Waals surface area contributed by atoms with Gasteiger partial charge in [0, 0.05) is 30.0 Å². The van der Waals surface area contributed by atoms with E-state index in [1.54, 1.807) is 12.1 Å². The minimum Gasteiger partial charge on any atom is -0.449 e. The van der Waals surface area contributed by atoms with E-state index in [4.69, 9.17) is 9.73 Å². The van der Waals surface area contributed by atoms with Crippen molar-refractivity contribution in [1.29, 1.82) is 0 Å². The average molecular weight is 468 g/mol. The number of hydrogen-bond donors (Lipinski definition) is 2. The van der Waals surface area contributed by atoms with Crippen molar-refractivity contribution in [2.24, 2.45) is 4.99 Å². The van der Waals surface area contributed by atoms with E-state index in [0.717, 1.165) is 22.9 Å². The van der Waals surface area contributed by atoms with Crippen molar-refractivity contribution in [1.82, 2.24) is 10.3 Å². The van der Waals surface area contributed by atoms with Gasteiger partial charge >= 0.3 is 6.18 Å². The van der Waals surface area contributed by atoms with Gasteiger partial charge in [-0.2, -0.15) is 13.2 Å². The zero-order valence-electron chi connectivity index (χ0n) is 18.8. The van der Waals surface area contributed by atoms with Gasteiger partial charge < -0.3 is 10.1 Å². The van der Waals surface area contributed by atoms with Crippen LogP contribution in [0.15, 0.2) is 65.7 Å². The van der Waals surface area contributed by atoms with Crippen molar-refractivity contribution in [2.45, 2.75) is 38.8 Å². The summed E-state index contributed by atoms with van der Waals surface area (Å²) < 4.78 is 45.1. The van der Waals surface area contributed by atoms with Crippen molar-refractivity contribution in [3.63, 3.8) is 0 Å². The summed E-state index contributed by atoms with van der Waals surface area (Å²) in [6, 6.07) is 15.2. The Labute approximate surface area is 194 Å². The predicted molar refractivity (Wildman–Crippen MR) is 121 cm³/mol. The maximum absolute atomic E-state index is 13.0. The molecule has 0 bridgehead atoms. The summed E-state index contributed by atoms with van der Waals surface area (Å²) in [7, 11) is 0. The van der Waals surface area contributed by atoms with Gasteiger partial charge in [0.05, 0.1) is 10.9 Å². The number of anilines is 1. The number of aryl methyl sites for hydroxylation is 1. The first-order valence-corrected chi connectivity index (χ1v) is 10.6. The molecule has 0 radical (unpaired) electrons. The lowest BCUT2D eigenvalue weighted by Gasteiger charge is -2.30. The van der Waals surface area contributed by atoms with Crippen LogP contribution in [-0.4, -0.2) is 16.7 Å². The van der Waals surface area contributed by atoms with Gasteiger partial charge in [0.15, 0.2) is 0 Å². The number of amides is 1. The Morgan fingerprint density at radius 1 is 1.09 bits per heavy atom. The van der Waals surface area contributed by atoms with Crippen molar-refractivity contribution in [3.05, 3.63) is 88.1 Å². The summed E-state index contributed by atoms with van der Waals surface area (Å²) in [4.78, 5) is 20.5. The maximum atomic E-state index is 13.0. The highest BCUT2D eigenvalue weighted by Crippen LogP contribution is 2.32. The fourth-order valence-electron chi connectivity index (χ4n) is 3.76. The third kappa shape index (κ3) is 5.26. The predicted octanol–water partition coefficient (Wildman–Crippen LogP) is 3.86. The van der Waals surface area contributed by atoms with Crippen LogP contribution in [0, 0.1) is 6.92 Å². The van der Waals surface area contributed by atoms with Gasteiger partial charge in [0.2, 0.25) is 5.91 Å². The van der Waals surface area contributed by atoms with Crippen molar-refractivity contribution >= 4 is 17.8 Å². The molecule has 1 aliphatic heterocycles. The van der Waals surface area contributed by atoms with Gasteiger partial charge in [0.25, 0.3) is 5.85 Å². The molecular formula is C25H23F3N4O2. The number of hydrogen-bond acceptors (Lipinski definition) is 5. The highest BCUT2D eigenvalue weighted by atomic mass is 19.4. The molecule has 0 fully saturated rings. The molecule has 0 aliphatic carbocycles. The standard InChI is InChI=1S/C25H23F3N4O2/c1-15-12-19(13-23(29-15)30-17(3)33)16(2)31-24(14-18-6-4-5-7-22(18)32-24)34-21-10-8-20(9-11-21)25(26,27)28/h4-14,16,31H,1-3H3,(H,29,30,33). The molecule has 1 amide bonds. The summed E-state index contributed by atoms with van der Waals surface area (Å²) in [5.74, 6) is -0.940. The number of pyridine rings is 1. The van der Waals surface area contributed by atoms with E-state index in [1.165, 1.54) is 19.1 Å². The van der Waals surface area contributed by atoms with Crippen molar-refractivity contribution in [3.8, 4) is 5.75 Å². The molecule has 1 aliphatic rings. The normalized spacial score (nSPS) is 17.8. The molecule has 0 spiro atoms. The number of fused-ring (bicyclic) bond motifs is 1. The van der Waals surface area contributed by atoms with Crippen LogP contribution in [0.4, 0.5) is 19.0 Å². The summed E-state index contributed by atoms with van der Waals surface area (Å²) >= 11 is 0. The average Bonchev–Trinajstić information content (AvgIpc) is 3.10. The zero-order chi connectivity index (χ0) is 24.5. The highest BCUT2D eigenvalue weighted by molar-refractivity contribution is 5.87. The smallest absolute Gasteiger partial charge is 0.416 e. The molecule has 2 heterocycles. The molecular weight excluding hydrogens is 445 g/mol. The molecule has 0 saturated carbocycles. The number of ether oxygens (including phenoxy) is 1. The molecule has 176 valence electrons. The first-order valence-electron chi connectivity index (χ1n) is 10.6. The van der Waals surface area contributed by atoms with E-state index in [9.17, 15) is 18.0 Å². The number of halogens is 3. The van der Waals surface area contributed by atoms with Gasteiger partial charge in [-0.3, -0.25) is 4.79 Å². The lowest BCUT2D eigenvalue weighted by molar-refractivity contribution is -0.137. The second-order valence-corrected chi connectivity index (χ2v) is 8.11. The second kappa shape index (κ2) is 8.90. The minimum atomic E-state index is -4.44. The lowest BCUT2D eigenvalue weighted by atomic mass is 10.1. The summed E-state index contributed by atoms with van der Waals surface area (Å²) in [6.07, 6.45) is -2.65. The Kier molecular flexibility index (Phi) is 6.14. The molecule has 3 aromatic rings. The monoisotopic (exact) mass is 468 g/mol. The third-order valence-electron chi connectivity index (χ3n) is 5.23. The van der Waals surface area contributed by atoms with E-state index in [0.29, 0.717) is 16.9 Å². The second-order valence-electron chi connectivity index (χ2n) is 8.11. The maximum Gasteiger partial charge on any atom is 0.416 e. The number of carbonyl (C=O) groups excluding carboxylic acids is 1. The first-order chi connectivity index (χ1) is 16.0. The SMILES string of the molecule is CC(=O)Nc1cc(C(C)NC2(Oc3ccc(C(F)(F)F)cc3)C=c3ccccc3=N2)cc(C)n1. The topological polar surface area (TPSA) is 75.6 Å². The number of benzene rings is 2. The number of aromatic nitrogens is 1. The van der Waals surface area contributed by atoms with Crippen LogP contribution in [0.3, 0.4) is 0 Å². The molecule has 9 heteroatoms. The molecule has 4 rings (SSSR count). The number of rotatable bonds is 6. The van der Waals surface area contributed by atoms with E-state index >= 15 is 0 Å². The zero-order valence-corrected chi connectivity index (χ0v) is 18.8. The lowest BCUT2D eigenvalue weighted by Crippen LogP contribution is -2.47. The van der Waals surface area contributed by atoms with Gasteiger partial charge in [0.1, 0.15) is 11.6 Å². The fraction of sp³-hybridized carbons (Fsp3) is 0.240. The molecule has 2 unspecified atom stereocenters. The largest absolute Gasteiger partial charge is 0.449 e. The van der Waals surface area contributed by atoms with Crippen LogP contribution in [0.5, 0.6) is 5.75 Å². The van der Waals surface area contributed by atoms with Gasteiger partial charge in [-0.1, -0.05) is 18.2 Å². The number of nitrogens with one attached hydrogen (secondary N) is 2. The van der Waals surface area contributed by atoms with E-state index < -0.39 is 17.6 Å². The van der Waals surface area contributed by atoms with Crippen LogP contribution in [-0.2, 0) is 11.0 Å². The van der Waals surface area contributed by atoms with Crippen LogP contribution in [0.25, 0.3) is 6.08 Å². The van der Waals surface area contributed by atoms with Crippen LogP contribution >= 0.6 is 0 Å². The van der Waals surface area contributed by atoms with Gasteiger partial charge in [-0.25, -0.2) is 15.3 Å². The molecule has 2 N–H and O–H groups in total. The van der Waals surface area contributed by atoms with E-state index in [1.807, 2.05) is 44.2 Å². The molecule has 1 aromatic heterocycles. The quantitative estimate of drug-likeness (QED) is 0.539. The number of alkyl halides is 3. The van der Waals surface area contributed by atoms with Gasteiger partial charge in [-0.05, 0) is 61.9 Å². The first kappa shape index (κ1) is 23.4. The fourth-order valence-corrected chi connectivity index (χ4v) is 3.76. The molecule has 2 aromatic carbocycles. The summed E-state index contributed by atoms with van der Waals surface area (Å²) in [5.41, 5.74) is 0.776. The molecule has 2 atom stereocenters.